The first-order valence-electron chi connectivity index (χ1n) is 11.1. The van der Waals surface area contributed by atoms with Gasteiger partial charge in [0, 0.05) is 36.6 Å². The Hall–Kier alpha value is -2.45. The minimum absolute atomic E-state index is 0.148. The second kappa shape index (κ2) is 9.36. The highest BCUT2D eigenvalue weighted by Crippen LogP contribution is 2.25. The lowest BCUT2D eigenvalue weighted by Crippen LogP contribution is -2.35. The van der Waals surface area contributed by atoms with Crippen molar-refractivity contribution in [2.75, 3.05) is 19.6 Å². The molecule has 4 rings (SSSR count). The SMILES string of the molecule is O=C(NCCC1=CCCCC1)c1cc(=O)[nH]c2ccc(S(=O)(=O)N3CCCCC3)cc12. The molecule has 1 aliphatic carbocycles. The summed E-state index contributed by atoms with van der Waals surface area (Å²) in [5.41, 5.74) is 1.62. The lowest BCUT2D eigenvalue weighted by atomic mass is 9.97. The van der Waals surface area contributed by atoms with Crippen LogP contribution in [0.25, 0.3) is 10.9 Å². The Labute approximate surface area is 182 Å². The number of nitrogens with zero attached hydrogens (tertiary/aromatic N) is 1. The summed E-state index contributed by atoms with van der Waals surface area (Å²) < 4.78 is 27.6. The molecule has 0 radical (unpaired) electrons. The number of aromatic amines is 1. The number of amides is 1. The molecule has 31 heavy (non-hydrogen) atoms. The van der Waals surface area contributed by atoms with Crippen LogP contribution in [0.5, 0.6) is 0 Å². The van der Waals surface area contributed by atoms with Gasteiger partial charge >= 0.3 is 0 Å². The normalized spacial score (nSPS) is 18.0. The fourth-order valence-corrected chi connectivity index (χ4v) is 5.94. The van der Waals surface area contributed by atoms with Crippen LogP contribution < -0.4 is 10.9 Å². The first kappa shape index (κ1) is 21.8. The summed E-state index contributed by atoms with van der Waals surface area (Å²) in [6.07, 6.45) is 10.3. The van der Waals surface area contributed by atoms with Gasteiger partial charge in [-0.25, -0.2) is 8.42 Å². The molecule has 2 aliphatic rings. The van der Waals surface area contributed by atoms with Crippen LogP contribution in [0.3, 0.4) is 0 Å². The monoisotopic (exact) mass is 443 g/mol. The van der Waals surface area contributed by atoms with Gasteiger partial charge in [0.1, 0.15) is 0 Å². The van der Waals surface area contributed by atoms with Crippen molar-refractivity contribution in [3.05, 3.63) is 51.8 Å². The molecule has 0 spiro atoms. The van der Waals surface area contributed by atoms with E-state index in [0.717, 1.165) is 38.5 Å². The Morgan fingerprint density at radius 1 is 1.06 bits per heavy atom. The molecule has 1 aliphatic heterocycles. The van der Waals surface area contributed by atoms with E-state index in [2.05, 4.69) is 16.4 Å². The maximum Gasteiger partial charge on any atom is 0.252 e. The van der Waals surface area contributed by atoms with Gasteiger partial charge in [0.15, 0.2) is 0 Å². The summed E-state index contributed by atoms with van der Waals surface area (Å²) in [5, 5.41) is 3.33. The first-order valence-corrected chi connectivity index (χ1v) is 12.5. The molecule has 0 unspecified atom stereocenters. The van der Waals surface area contributed by atoms with E-state index in [0.29, 0.717) is 30.5 Å². The number of nitrogens with one attached hydrogen (secondary N) is 2. The average Bonchev–Trinajstić information content (AvgIpc) is 2.79. The van der Waals surface area contributed by atoms with Gasteiger partial charge in [-0.2, -0.15) is 4.31 Å². The highest BCUT2D eigenvalue weighted by atomic mass is 32.2. The van der Waals surface area contributed by atoms with E-state index in [9.17, 15) is 18.0 Å². The van der Waals surface area contributed by atoms with Crippen molar-refractivity contribution in [3.63, 3.8) is 0 Å². The van der Waals surface area contributed by atoms with Gasteiger partial charge in [-0.15, -0.1) is 0 Å². The van der Waals surface area contributed by atoms with Crippen molar-refractivity contribution in [1.82, 2.24) is 14.6 Å². The van der Waals surface area contributed by atoms with Crippen LogP contribution in [-0.4, -0.2) is 43.2 Å². The van der Waals surface area contributed by atoms with Crippen molar-refractivity contribution in [1.29, 1.82) is 0 Å². The number of carbonyl (C=O) groups is 1. The Morgan fingerprint density at radius 2 is 1.87 bits per heavy atom. The molecule has 1 aromatic heterocycles. The van der Waals surface area contributed by atoms with E-state index in [1.54, 1.807) is 6.07 Å². The number of carbonyl (C=O) groups excluding carboxylic acids is 1. The third-order valence-corrected chi connectivity index (χ3v) is 8.02. The number of aromatic nitrogens is 1. The fourth-order valence-electron chi connectivity index (χ4n) is 4.40. The second-order valence-electron chi connectivity index (χ2n) is 8.33. The minimum atomic E-state index is -3.64. The highest BCUT2D eigenvalue weighted by molar-refractivity contribution is 7.89. The van der Waals surface area contributed by atoms with E-state index in [1.165, 1.54) is 40.9 Å². The molecule has 1 fully saturated rings. The van der Waals surface area contributed by atoms with E-state index in [-0.39, 0.29) is 21.9 Å². The number of hydrogen-bond acceptors (Lipinski definition) is 4. The van der Waals surface area contributed by atoms with Gasteiger partial charge < -0.3 is 10.3 Å². The average molecular weight is 444 g/mol. The van der Waals surface area contributed by atoms with E-state index < -0.39 is 10.0 Å². The van der Waals surface area contributed by atoms with Crippen molar-refractivity contribution in [2.24, 2.45) is 0 Å². The minimum Gasteiger partial charge on any atom is -0.352 e. The van der Waals surface area contributed by atoms with E-state index in [1.807, 2.05) is 0 Å². The summed E-state index contributed by atoms with van der Waals surface area (Å²) in [4.78, 5) is 27.8. The van der Waals surface area contributed by atoms with Gasteiger partial charge in [0.2, 0.25) is 15.6 Å². The Morgan fingerprint density at radius 3 is 2.61 bits per heavy atom. The van der Waals surface area contributed by atoms with Crippen LogP contribution in [-0.2, 0) is 10.0 Å². The number of rotatable bonds is 6. The number of benzene rings is 1. The molecule has 2 N–H and O–H groups in total. The molecule has 1 amide bonds. The lowest BCUT2D eigenvalue weighted by Gasteiger charge is -2.26. The largest absolute Gasteiger partial charge is 0.352 e. The van der Waals surface area contributed by atoms with Crippen LogP contribution in [0, 0.1) is 0 Å². The molecule has 0 atom stereocenters. The molecule has 0 saturated carbocycles. The summed E-state index contributed by atoms with van der Waals surface area (Å²) in [6.45, 7) is 1.51. The van der Waals surface area contributed by atoms with Crippen molar-refractivity contribution in [2.45, 2.75) is 56.3 Å². The Kier molecular flexibility index (Phi) is 6.57. The standard InChI is InChI=1S/C23H29N3O4S/c27-22-16-20(23(28)24-12-11-17-7-3-1-4-8-17)19-15-18(9-10-21(19)25-22)31(29,30)26-13-5-2-6-14-26/h7,9-10,15-16H,1-6,8,11-14H2,(H,24,28)(H,25,27). The molecular weight excluding hydrogens is 414 g/mol. The maximum atomic E-state index is 13.1. The number of piperidine rings is 1. The molecule has 0 bridgehead atoms. The lowest BCUT2D eigenvalue weighted by molar-refractivity contribution is 0.0955. The van der Waals surface area contributed by atoms with Gasteiger partial charge in [-0.3, -0.25) is 9.59 Å². The van der Waals surface area contributed by atoms with Crippen LogP contribution in [0.4, 0.5) is 0 Å². The summed E-state index contributed by atoms with van der Waals surface area (Å²) in [7, 11) is -3.64. The molecule has 7 nitrogen and oxygen atoms in total. The van der Waals surface area contributed by atoms with Crippen LogP contribution in [0.1, 0.15) is 61.7 Å². The molecule has 2 aromatic rings. The maximum absolute atomic E-state index is 13.1. The Balaban J connectivity index is 1.60. The van der Waals surface area contributed by atoms with Crippen LogP contribution in [0.15, 0.2) is 45.6 Å². The third-order valence-electron chi connectivity index (χ3n) is 6.13. The highest BCUT2D eigenvalue weighted by Gasteiger charge is 2.26. The predicted molar refractivity (Wildman–Crippen MR) is 121 cm³/mol. The number of sulfonamides is 1. The molecule has 1 saturated heterocycles. The molecule has 166 valence electrons. The molecule has 8 heteroatoms. The van der Waals surface area contributed by atoms with Crippen LogP contribution in [0.2, 0.25) is 0 Å². The van der Waals surface area contributed by atoms with Gasteiger partial charge in [-0.1, -0.05) is 18.1 Å². The smallest absolute Gasteiger partial charge is 0.252 e. The number of fused-ring (bicyclic) bond motifs is 1. The topological polar surface area (TPSA) is 99.3 Å². The van der Waals surface area contributed by atoms with Crippen molar-refractivity contribution < 1.29 is 13.2 Å². The number of H-pyrrole nitrogens is 1. The molecule has 2 heterocycles. The molecular formula is C23H29N3O4S. The zero-order valence-corrected chi connectivity index (χ0v) is 18.5. The van der Waals surface area contributed by atoms with Gasteiger partial charge in [0.25, 0.3) is 5.91 Å². The summed E-state index contributed by atoms with van der Waals surface area (Å²) in [5.74, 6) is -0.361. The van der Waals surface area contributed by atoms with Gasteiger partial charge in [-0.05, 0) is 63.1 Å². The predicted octanol–water partition coefficient (Wildman–Crippen LogP) is 3.32. The number of hydrogen-bond donors (Lipinski definition) is 2. The fraction of sp³-hybridized carbons (Fsp3) is 0.478. The quantitative estimate of drug-likeness (QED) is 0.669. The number of allylic oxidation sites excluding steroid dienone is 1. The van der Waals surface area contributed by atoms with Crippen molar-refractivity contribution in [3.8, 4) is 0 Å². The summed E-state index contributed by atoms with van der Waals surface area (Å²) in [6, 6.07) is 5.82. The second-order valence-corrected chi connectivity index (χ2v) is 10.3. The zero-order valence-electron chi connectivity index (χ0n) is 17.7. The van der Waals surface area contributed by atoms with Gasteiger partial charge in [0.05, 0.1) is 10.5 Å². The van der Waals surface area contributed by atoms with Crippen molar-refractivity contribution >= 4 is 26.8 Å². The Bertz CT molecular complexity index is 1160. The van der Waals surface area contributed by atoms with E-state index >= 15 is 0 Å². The third kappa shape index (κ3) is 4.91. The van der Waals surface area contributed by atoms with E-state index in [4.69, 9.17) is 0 Å². The first-order chi connectivity index (χ1) is 14.9. The zero-order chi connectivity index (χ0) is 21.8. The van der Waals surface area contributed by atoms with Crippen LogP contribution >= 0.6 is 0 Å². The summed E-state index contributed by atoms with van der Waals surface area (Å²) >= 11 is 0. The number of pyridine rings is 1. The molecule has 1 aromatic carbocycles.